The number of hydrogen-bond acceptors (Lipinski definition) is 8. The number of nitrogens with zero attached hydrogens (tertiary/aromatic N) is 5. The molecule has 0 saturated heterocycles. The van der Waals surface area contributed by atoms with Crippen molar-refractivity contribution in [2.75, 3.05) is 7.11 Å². The number of aromatic nitrogens is 5. The van der Waals surface area contributed by atoms with Crippen LogP contribution in [0.5, 0.6) is 0 Å². The van der Waals surface area contributed by atoms with Crippen molar-refractivity contribution < 1.29 is 9.53 Å². The predicted molar refractivity (Wildman–Crippen MR) is 101 cm³/mol. The van der Waals surface area contributed by atoms with E-state index in [1.54, 1.807) is 35.2 Å². The molecule has 0 atom stereocenters. The number of carbonyl (C=O) groups excluding carboxylic acids is 1. The molecule has 0 amide bonds. The van der Waals surface area contributed by atoms with Crippen molar-refractivity contribution in [3.63, 3.8) is 0 Å². The van der Waals surface area contributed by atoms with E-state index in [2.05, 4.69) is 41.3 Å². The minimum Gasteiger partial charge on any atom is -0.465 e. The summed E-state index contributed by atoms with van der Waals surface area (Å²) in [5.74, 6) is 0.344. The number of hydrogen-bond donors (Lipinski definition) is 0. The summed E-state index contributed by atoms with van der Waals surface area (Å²) in [5.41, 5.74) is 2.30. The van der Waals surface area contributed by atoms with E-state index in [9.17, 15) is 4.79 Å². The number of thiazole rings is 1. The largest absolute Gasteiger partial charge is 0.465 e. The Labute approximate surface area is 159 Å². The fourth-order valence-electron chi connectivity index (χ4n) is 2.20. The van der Waals surface area contributed by atoms with Crippen LogP contribution in [0.15, 0.2) is 34.8 Å². The van der Waals surface area contributed by atoms with Crippen molar-refractivity contribution in [2.45, 2.75) is 37.2 Å². The SMILES string of the molecule is COC(=O)c1ccc(-c2nc(CSc3nnnn3C(C)(C)C)cs2)cc1. The molecule has 9 heteroatoms. The van der Waals surface area contributed by atoms with Crippen LogP contribution in [0.1, 0.15) is 36.8 Å². The summed E-state index contributed by atoms with van der Waals surface area (Å²) in [5, 5.41) is 15.6. The first kappa shape index (κ1) is 18.5. The lowest BCUT2D eigenvalue weighted by atomic mass is 10.1. The van der Waals surface area contributed by atoms with Gasteiger partial charge in [-0.3, -0.25) is 0 Å². The van der Waals surface area contributed by atoms with Gasteiger partial charge in [-0.05, 0) is 43.3 Å². The van der Waals surface area contributed by atoms with Gasteiger partial charge in [0.1, 0.15) is 5.01 Å². The van der Waals surface area contributed by atoms with Crippen LogP contribution in [0.25, 0.3) is 10.6 Å². The predicted octanol–water partition coefficient (Wildman–Crippen LogP) is 3.63. The molecule has 2 heterocycles. The van der Waals surface area contributed by atoms with Gasteiger partial charge in [-0.2, -0.15) is 0 Å². The molecule has 0 unspecified atom stereocenters. The van der Waals surface area contributed by atoms with Gasteiger partial charge in [0.2, 0.25) is 5.16 Å². The maximum atomic E-state index is 11.5. The van der Waals surface area contributed by atoms with Crippen LogP contribution in [0.3, 0.4) is 0 Å². The highest BCUT2D eigenvalue weighted by Crippen LogP contribution is 2.28. The van der Waals surface area contributed by atoms with Gasteiger partial charge in [0, 0.05) is 16.7 Å². The van der Waals surface area contributed by atoms with Crippen LogP contribution < -0.4 is 0 Å². The number of methoxy groups -OCH3 is 1. The van der Waals surface area contributed by atoms with E-state index in [0.29, 0.717) is 11.3 Å². The molecule has 0 saturated carbocycles. The lowest BCUT2D eigenvalue weighted by molar-refractivity contribution is 0.0601. The fraction of sp³-hybridized carbons (Fsp3) is 0.353. The van der Waals surface area contributed by atoms with Crippen molar-refractivity contribution in [3.8, 4) is 10.6 Å². The Hall–Kier alpha value is -2.26. The Morgan fingerprint density at radius 3 is 2.65 bits per heavy atom. The number of thioether (sulfide) groups is 1. The van der Waals surface area contributed by atoms with Gasteiger partial charge in [0.25, 0.3) is 0 Å². The lowest BCUT2D eigenvalue weighted by Gasteiger charge is -2.19. The zero-order valence-electron chi connectivity index (χ0n) is 15.0. The van der Waals surface area contributed by atoms with Crippen LogP contribution in [0.4, 0.5) is 0 Å². The van der Waals surface area contributed by atoms with E-state index in [1.165, 1.54) is 7.11 Å². The van der Waals surface area contributed by atoms with Gasteiger partial charge in [-0.1, -0.05) is 23.9 Å². The van der Waals surface area contributed by atoms with Crippen LogP contribution in [-0.2, 0) is 16.0 Å². The first-order valence-corrected chi connectivity index (χ1v) is 9.80. The molecule has 0 bridgehead atoms. The van der Waals surface area contributed by atoms with Gasteiger partial charge in [0.05, 0.1) is 23.9 Å². The first-order valence-electron chi connectivity index (χ1n) is 7.93. The van der Waals surface area contributed by atoms with Gasteiger partial charge in [-0.25, -0.2) is 14.5 Å². The normalized spacial score (nSPS) is 11.5. The molecule has 0 aliphatic heterocycles. The van der Waals surface area contributed by atoms with Crippen molar-refractivity contribution in [2.24, 2.45) is 0 Å². The molecule has 0 aliphatic rings. The quantitative estimate of drug-likeness (QED) is 0.487. The standard InChI is InChI=1S/C17H19N5O2S2/c1-17(2,3)22-16(19-20-21-22)26-10-13-9-25-14(18-13)11-5-7-12(8-6-11)15(23)24-4/h5-9H,10H2,1-4H3. The van der Waals surface area contributed by atoms with E-state index in [-0.39, 0.29) is 11.5 Å². The van der Waals surface area contributed by atoms with Gasteiger partial charge < -0.3 is 4.74 Å². The Balaban J connectivity index is 1.69. The molecule has 0 radical (unpaired) electrons. The van der Waals surface area contributed by atoms with Crippen LogP contribution >= 0.6 is 23.1 Å². The molecular weight excluding hydrogens is 370 g/mol. The summed E-state index contributed by atoms with van der Waals surface area (Å²) in [7, 11) is 1.37. The second-order valence-corrected chi connectivity index (χ2v) is 8.35. The van der Waals surface area contributed by atoms with Gasteiger partial charge >= 0.3 is 5.97 Å². The number of esters is 1. The zero-order chi connectivity index (χ0) is 18.7. The summed E-state index contributed by atoms with van der Waals surface area (Å²) in [4.78, 5) is 16.2. The number of ether oxygens (including phenoxy) is 1. The number of rotatable bonds is 5. The molecule has 0 N–H and O–H groups in total. The van der Waals surface area contributed by atoms with Gasteiger partial charge in [-0.15, -0.1) is 16.4 Å². The highest BCUT2D eigenvalue weighted by atomic mass is 32.2. The van der Waals surface area contributed by atoms with E-state index in [1.807, 2.05) is 22.2 Å². The molecule has 3 aromatic rings. The molecule has 3 rings (SSSR count). The summed E-state index contributed by atoms with van der Waals surface area (Å²) < 4.78 is 6.53. The Morgan fingerprint density at radius 1 is 1.27 bits per heavy atom. The Bertz CT molecular complexity index is 897. The third-order valence-electron chi connectivity index (χ3n) is 3.53. The maximum Gasteiger partial charge on any atom is 0.337 e. The van der Waals surface area contributed by atoms with Gasteiger partial charge in [0.15, 0.2) is 0 Å². The minimum atomic E-state index is -0.343. The Morgan fingerprint density at radius 2 is 2.00 bits per heavy atom. The summed E-state index contributed by atoms with van der Waals surface area (Å²) >= 11 is 3.13. The van der Waals surface area contributed by atoms with Crippen LogP contribution in [-0.4, -0.2) is 38.3 Å². The second-order valence-electron chi connectivity index (χ2n) is 6.55. The average molecular weight is 390 g/mol. The van der Waals surface area contributed by atoms with E-state index < -0.39 is 0 Å². The molecule has 136 valence electrons. The van der Waals surface area contributed by atoms with E-state index in [0.717, 1.165) is 21.4 Å². The molecule has 0 fully saturated rings. The highest BCUT2D eigenvalue weighted by Gasteiger charge is 2.20. The fourth-order valence-corrected chi connectivity index (χ4v) is 4.08. The summed E-state index contributed by atoms with van der Waals surface area (Å²) in [6, 6.07) is 7.24. The summed E-state index contributed by atoms with van der Waals surface area (Å²) in [6.07, 6.45) is 0. The minimum absolute atomic E-state index is 0.166. The molecular formula is C17H19N5O2S2. The molecule has 0 spiro atoms. The Kier molecular flexibility index (Phi) is 5.38. The number of tetrazole rings is 1. The first-order chi connectivity index (χ1) is 12.4. The van der Waals surface area contributed by atoms with Crippen molar-refractivity contribution >= 4 is 29.1 Å². The number of carbonyl (C=O) groups is 1. The van der Waals surface area contributed by atoms with E-state index >= 15 is 0 Å². The third-order valence-corrected chi connectivity index (χ3v) is 5.42. The van der Waals surface area contributed by atoms with E-state index in [4.69, 9.17) is 4.74 Å². The highest BCUT2D eigenvalue weighted by molar-refractivity contribution is 7.98. The zero-order valence-corrected chi connectivity index (χ0v) is 16.6. The van der Waals surface area contributed by atoms with Crippen molar-refractivity contribution in [1.82, 2.24) is 25.2 Å². The number of benzene rings is 1. The second kappa shape index (κ2) is 7.55. The molecule has 2 aromatic heterocycles. The molecule has 26 heavy (non-hydrogen) atoms. The van der Waals surface area contributed by atoms with Crippen molar-refractivity contribution in [1.29, 1.82) is 0 Å². The van der Waals surface area contributed by atoms with Crippen LogP contribution in [0.2, 0.25) is 0 Å². The molecule has 7 nitrogen and oxygen atoms in total. The topological polar surface area (TPSA) is 82.8 Å². The smallest absolute Gasteiger partial charge is 0.337 e. The molecule has 1 aromatic carbocycles. The monoisotopic (exact) mass is 389 g/mol. The summed E-state index contributed by atoms with van der Waals surface area (Å²) in [6.45, 7) is 6.19. The average Bonchev–Trinajstić information content (AvgIpc) is 3.28. The third kappa shape index (κ3) is 4.10. The molecule has 0 aliphatic carbocycles. The van der Waals surface area contributed by atoms with Crippen molar-refractivity contribution in [3.05, 3.63) is 40.9 Å². The maximum absolute atomic E-state index is 11.5. The lowest BCUT2D eigenvalue weighted by Crippen LogP contribution is -2.24. The van der Waals surface area contributed by atoms with Crippen LogP contribution in [0, 0.1) is 0 Å².